The number of pyridine rings is 1. The summed E-state index contributed by atoms with van der Waals surface area (Å²) in [5.41, 5.74) is 2.53. The zero-order chi connectivity index (χ0) is 24.2. The molecule has 0 aliphatic heterocycles. The number of amides is 1. The number of hydrogen-bond acceptors (Lipinski definition) is 6. The molecular formula is C27H23N5O2S. The monoisotopic (exact) mass is 481 g/mol. The maximum atomic E-state index is 13.2. The van der Waals surface area contributed by atoms with Crippen molar-refractivity contribution in [1.82, 2.24) is 19.7 Å². The van der Waals surface area contributed by atoms with Gasteiger partial charge >= 0.3 is 0 Å². The Morgan fingerprint density at radius 1 is 0.943 bits per heavy atom. The van der Waals surface area contributed by atoms with Crippen LogP contribution in [0.25, 0.3) is 27.8 Å². The number of benzene rings is 3. The van der Waals surface area contributed by atoms with E-state index in [1.165, 1.54) is 11.8 Å². The average Bonchev–Trinajstić information content (AvgIpc) is 3.32. The number of methoxy groups -OCH3 is 1. The Labute approximate surface area is 207 Å². The second-order valence-electron chi connectivity index (χ2n) is 7.85. The molecule has 35 heavy (non-hydrogen) atoms. The molecule has 3 aromatic carbocycles. The highest BCUT2D eigenvalue weighted by Crippen LogP contribution is 2.31. The Hall–Kier alpha value is -4.17. The number of nitrogens with one attached hydrogen (secondary N) is 1. The summed E-state index contributed by atoms with van der Waals surface area (Å²) in [5, 5.41) is 14.2. The van der Waals surface area contributed by atoms with Crippen LogP contribution in [0.1, 0.15) is 6.92 Å². The lowest BCUT2D eigenvalue weighted by atomic mass is 10.1. The van der Waals surface area contributed by atoms with Gasteiger partial charge in [-0.1, -0.05) is 48.2 Å². The summed E-state index contributed by atoms with van der Waals surface area (Å²) in [6, 6.07) is 25.3. The van der Waals surface area contributed by atoms with Crippen LogP contribution in [0, 0.1) is 0 Å². The van der Waals surface area contributed by atoms with E-state index in [-0.39, 0.29) is 5.91 Å². The molecule has 0 radical (unpaired) electrons. The number of carbonyl (C=O) groups excluding carboxylic acids is 1. The first-order valence-corrected chi connectivity index (χ1v) is 12.0. The summed E-state index contributed by atoms with van der Waals surface area (Å²) in [5.74, 6) is 1.31. The van der Waals surface area contributed by atoms with Crippen LogP contribution in [-0.4, -0.2) is 38.0 Å². The molecule has 0 aliphatic carbocycles. The SMILES string of the molecule is COc1ccc(-n2c(SC(C)C(=O)Nc3cccc4ccccc34)nnc2-c2ccncc2)cc1. The van der Waals surface area contributed by atoms with Gasteiger partial charge in [-0.25, -0.2) is 0 Å². The number of ether oxygens (including phenoxy) is 1. The number of carbonyl (C=O) groups is 1. The van der Waals surface area contributed by atoms with Crippen molar-refractivity contribution >= 4 is 34.1 Å². The minimum absolute atomic E-state index is 0.110. The first kappa shape index (κ1) is 22.6. The summed E-state index contributed by atoms with van der Waals surface area (Å²) in [6.45, 7) is 1.87. The van der Waals surface area contributed by atoms with Gasteiger partial charge in [0, 0.05) is 34.7 Å². The van der Waals surface area contributed by atoms with E-state index in [0.717, 1.165) is 33.5 Å². The molecule has 0 saturated heterocycles. The maximum Gasteiger partial charge on any atom is 0.237 e. The van der Waals surface area contributed by atoms with E-state index in [9.17, 15) is 4.79 Å². The molecule has 7 nitrogen and oxygen atoms in total. The number of anilines is 1. The first-order chi connectivity index (χ1) is 17.1. The molecule has 1 unspecified atom stereocenters. The molecule has 174 valence electrons. The predicted molar refractivity (Wildman–Crippen MR) is 139 cm³/mol. The summed E-state index contributed by atoms with van der Waals surface area (Å²) in [6.07, 6.45) is 3.44. The van der Waals surface area contributed by atoms with E-state index in [0.29, 0.717) is 11.0 Å². The van der Waals surface area contributed by atoms with Gasteiger partial charge in [-0.3, -0.25) is 14.3 Å². The molecule has 0 bridgehead atoms. The van der Waals surface area contributed by atoms with Crippen LogP contribution in [0.2, 0.25) is 0 Å². The van der Waals surface area contributed by atoms with Crippen molar-refractivity contribution in [2.75, 3.05) is 12.4 Å². The summed E-state index contributed by atoms with van der Waals surface area (Å²) < 4.78 is 7.25. The van der Waals surface area contributed by atoms with Crippen LogP contribution in [0.4, 0.5) is 5.69 Å². The van der Waals surface area contributed by atoms with Crippen molar-refractivity contribution < 1.29 is 9.53 Å². The van der Waals surface area contributed by atoms with Gasteiger partial charge in [-0.2, -0.15) is 0 Å². The highest BCUT2D eigenvalue weighted by molar-refractivity contribution is 8.00. The van der Waals surface area contributed by atoms with Crippen molar-refractivity contribution in [3.05, 3.63) is 91.3 Å². The number of aromatic nitrogens is 4. The summed E-state index contributed by atoms with van der Waals surface area (Å²) in [7, 11) is 1.63. The van der Waals surface area contributed by atoms with E-state index in [4.69, 9.17) is 4.74 Å². The van der Waals surface area contributed by atoms with E-state index in [2.05, 4.69) is 20.5 Å². The van der Waals surface area contributed by atoms with E-state index in [1.54, 1.807) is 19.5 Å². The molecule has 8 heteroatoms. The van der Waals surface area contributed by atoms with Crippen LogP contribution in [0.3, 0.4) is 0 Å². The molecular weight excluding hydrogens is 458 g/mol. The Balaban J connectivity index is 1.45. The molecule has 0 spiro atoms. The fourth-order valence-electron chi connectivity index (χ4n) is 3.78. The Morgan fingerprint density at radius 2 is 1.69 bits per heavy atom. The number of hydrogen-bond donors (Lipinski definition) is 1. The van der Waals surface area contributed by atoms with Gasteiger partial charge in [0.1, 0.15) is 5.75 Å². The molecule has 5 rings (SSSR count). The van der Waals surface area contributed by atoms with Crippen LogP contribution in [0.5, 0.6) is 5.75 Å². The van der Waals surface area contributed by atoms with Crippen LogP contribution < -0.4 is 10.1 Å². The van der Waals surface area contributed by atoms with E-state index in [1.807, 2.05) is 90.4 Å². The lowest BCUT2D eigenvalue weighted by Gasteiger charge is -2.15. The van der Waals surface area contributed by atoms with Crippen molar-refractivity contribution in [2.45, 2.75) is 17.3 Å². The zero-order valence-electron chi connectivity index (χ0n) is 19.3. The zero-order valence-corrected chi connectivity index (χ0v) is 20.1. The normalized spacial score (nSPS) is 11.8. The molecule has 2 heterocycles. The molecule has 1 atom stereocenters. The van der Waals surface area contributed by atoms with Crippen molar-refractivity contribution in [1.29, 1.82) is 0 Å². The topological polar surface area (TPSA) is 81.9 Å². The van der Waals surface area contributed by atoms with E-state index < -0.39 is 5.25 Å². The maximum absolute atomic E-state index is 13.2. The Kier molecular flexibility index (Phi) is 6.45. The van der Waals surface area contributed by atoms with Crippen LogP contribution >= 0.6 is 11.8 Å². The van der Waals surface area contributed by atoms with Crippen molar-refractivity contribution in [3.63, 3.8) is 0 Å². The molecule has 5 aromatic rings. The van der Waals surface area contributed by atoms with Gasteiger partial charge in [-0.15, -0.1) is 10.2 Å². The standard InChI is InChI=1S/C27H23N5O2S/c1-18(26(33)29-24-9-5-7-19-6-3-4-8-23(19)24)35-27-31-30-25(20-14-16-28-17-15-20)32(27)21-10-12-22(34-2)13-11-21/h3-18H,1-2H3,(H,29,33). The van der Waals surface area contributed by atoms with Crippen molar-refractivity contribution in [3.8, 4) is 22.8 Å². The van der Waals surface area contributed by atoms with Crippen LogP contribution in [0.15, 0.2) is 96.4 Å². The first-order valence-electron chi connectivity index (χ1n) is 11.1. The van der Waals surface area contributed by atoms with Gasteiger partial charge in [0.05, 0.1) is 12.4 Å². The number of nitrogens with zero attached hydrogens (tertiary/aromatic N) is 4. The smallest absolute Gasteiger partial charge is 0.237 e. The Bertz CT molecular complexity index is 1460. The average molecular weight is 482 g/mol. The van der Waals surface area contributed by atoms with Gasteiger partial charge < -0.3 is 10.1 Å². The molecule has 0 aliphatic rings. The fraction of sp³-hybridized carbons (Fsp3) is 0.111. The van der Waals surface area contributed by atoms with Gasteiger partial charge in [0.15, 0.2) is 11.0 Å². The second-order valence-corrected chi connectivity index (χ2v) is 9.16. The molecule has 0 saturated carbocycles. The third kappa shape index (κ3) is 4.74. The largest absolute Gasteiger partial charge is 0.497 e. The molecule has 1 N–H and O–H groups in total. The minimum Gasteiger partial charge on any atom is -0.497 e. The Morgan fingerprint density at radius 3 is 2.46 bits per heavy atom. The van der Waals surface area contributed by atoms with Crippen molar-refractivity contribution in [2.24, 2.45) is 0 Å². The number of thioether (sulfide) groups is 1. The third-order valence-corrected chi connectivity index (χ3v) is 6.64. The summed E-state index contributed by atoms with van der Waals surface area (Å²) in [4.78, 5) is 17.3. The minimum atomic E-state index is -0.416. The number of fused-ring (bicyclic) bond motifs is 1. The highest BCUT2D eigenvalue weighted by Gasteiger charge is 2.22. The molecule has 1 amide bonds. The fourth-order valence-corrected chi connectivity index (χ4v) is 4.65. The van der Waals surface area contributed by atoms with Gasteiger partial charge in [0.25, 0.3) is 0 Å². The molecule has 2 aromatic heterocycles. The number of rotatable bonds is 7. The van der Waals surface area contributed by atoms with Crippen LogP contribution in [-0.2, 0) is 4.79 Å². The summed E-state index contributed by atoms with van der Waals surface area (Å²) >= 11 is 1.35. The third-order valence-electron chi connectivity index (χ3n) is 5.60. The second kappa shape index (κ2) is 9.99. The van der Waals surface area contributed by atoms with Gasteiger partial charge in [0.2, 0.25) is 5.91 Å². The quantitative estimate of drug-likeness (QED) is 0.304. The van der Waals surface area contributed by atoms with E-state index >= 15 is 0 Å². The molecule has 0 fully saturated rings. The van der Waals surface area contributed by atoms with Gasteiger partial charge in [-0.05, 0) is 54.8 Å². The predicted octanol–water partition coefficient (Wildman–Crippen LogP) is 5.61. The lowest BCUT2D eigenvalue weighted by molar-refractivity contribution is -0.115. The highest BCUT2D eigenvalue weighted by atomic mass is 32.2. The lowest BCUT2D eigenvalue weighted by Crippen LogP contribution is -2.23.